The second-order valence-electron chi connectivity index (χ2n) is 7.49. The summed E-state index contributed by atoms with van der Waals surface area (Å²) >= 11 is 0. The van der Waals surface area contributed by atoms with Gasteiger partial charge in [-0.05, 0) is 37.7 Å². The van der Waals surface area contributed by atoms with Crippen LogP contribution in [-0.4, -0.2) is 66.9 Å². The van der Waals surface area contributed by atoms with Crippen molar-refractivity contribution < 1.29 is 19.4 Å². The van der Waals surface area contributed by atoms with Gasteiger partial charge in [-0.1, -0.05) is 19.1 Å². The van der Waals surface area contributed by atoms with Crippen LogP contribution in [-0.2, 0) is 0 Å². The first-order valence-corrected chi connectivity index (χ1v) is 9.86. The van der Waals surface area contributed by atoms with Crippen LogP contribution in [0.3, 0.4) is 0 Å². The molecule has 1 aromatic heterocycles. The van der Waals surface area contributed by atoms with Gasteiger partial charge in [-0.3, -0.25) is 4.79 Å². The van der Waals surface area contributed by atoms with Crippen LogP contribution in [0.1, 0.15) is 24.2 Å². The summed E-state index contributed by atoms with van der Waals surface area (Å²) in [5, 5.41) is 12.8. The monoisotopic (exact) mass is 399 g/mol. The second kappa shape index (κ2) is 9.24. The Kier molecular flexibility index (Phi) is 6.71. The standard InChI is InChI=1S/C22H29N3O4/c1-14-12-25(15(2)13-26)22(27)19-9-17(16-5-7-18(28-4)8-6-16)10-24-21(19)29-20(14)11-23-3/h5-10,14-15,20,23,26H,11-13H2,1-4H3/t14-,15+,20+/m0/s1. The number of aromatic nitrogens is 1. The number of amides is 1. The quantitative estimate of drug-likeness (QED) is 0.775. The number of benzene rings is 1. The van der Waals surface area contributed by atoms with E-state index in [2.05, 4.69) is 10.3 Å². The predicted molar refractivity (Wildman–Crippen MR) is 111 cm³/mol. The zero-order valence-electron chi connectivity index (χ0n) is 17.4. The van der Waals surface area contributed by atoms with E-state index in [-0.39, 0.29) is 30.6 Å². The summed E-state index contributed by atoms with van der Waals surface area (Å²) in [7, 11) is 3.49. The third kappa shape index (κ3) is 4.52. The smallest absolute Gasteiger partial charge is 0.259 e. The van der Waals surface area contributed by atoms with Gasteiger partial charge in [0.15, 0.2) is 0 Å². The van der Waals surface area contributed by atoms with Gasteiger partial charge in [0.1, 0.15) is 17.4 Å². The fraction of sp³-hybridized carbons (Fsp3) is 0.455. The molecular formula is C22H29N3O4. The van der Waals surface area contributed by atoms with Crippen LogP contribution in [0.2, 0.25) is 0 Å². The number of nitrogens with one attached hydrogen (secondary N) is 1. The largest absolute Gasteiger partial charge is 0.497 e. The van der Waals surface area contributed by atoms with Crippen LogP contribution in [0.5, 0.6) is 11.6 Å². The molecule has 7 nitrogen and oxygen atoms in total. The van der Waals surface area contributed by atoms with E-state index in [4.69, 9.17) is 9.47 Å². The molecule has 0 saturated carbocycles. The number of carbonyl (C=O) groups is 1. The molecule has 156 valence electrons. The van der Waals surface area contributed by atoms with E-state index < -0.39 is 0 Å². The van der Waals surface area contributed by atoms with Gasteiger partial charge in [0.25, 0.3) is 5.91 Å². The van der Waals surface area contributed by atoms with E-state index >= 15 is 0 Å². The molecule has 0 unspecified atom stereocenters. The minimum Gasteiger partial charge on any atom is -0.497 e. The lowest BCUT2D eigenvalue weighted by Crippen LogP contribution is -2.49. The second-order valence-corrected chi connectivity index (χ2v) is 7.49. The number of fused-ring (bicyclic) bond motifs is 1. The summed E-state index contributed by atoms with van der Waals surface area (Å²) < 4.78 is 11.4. The summed E-state index contributed by atoms with van der Waals surface area (Å²) in [6, 6.07) is 9.11. The first-order valence-electron chi connectivity index (χ1n) is 9.86. The first kappa shape index (κ1) is 21.1. The Labute approximate surface area is 171 Å². The molecule has 0 aliphatic carbocycles. The highest BCUT2D eigenvalue weighted by molar-refractivity contribution is 5.98. The Bertz CT molecular complexity index is 840. The van der Waals surface area contributed by atoms with Crippen molar-refractivity contribution in [3.05, 3.63) is 42.1 Å². The van der Waals surface area contributed by atoms with Crippen molar-refractivity contribution in [2.45, 2.75) is 26.0 Å². The number of carbonyl (C=O) groups excluding carboxylic acids is 1. The number of aliphatic hydroxyl groups excluding tert-OH is 1. The molecule has 0 spiro atoms. The molecule has 1 aliphatic rings. The highest BCUT2D eigenvalue weighted by atomic mass is 16.5. The minimum absolute atomic E-state index is 0.0802. The Hall–Kier alpha value is -2.64. The van der Waals surface area contributed by atoms with Crippen LogP contribution in [0.15, 0.2) is 36.5 Å². The summed E-state index contributed by atoms with van der Waals surface area (Å²) in [6.45, 7) is 4.93. The minimum atomic E-state index is -0.296. The highest BCUT2D eigenvalue weighted by Gasteiger charge is 2.33. The maximum absolute atomic E-state index is 13.3. The molecule has 3 atom stereocenters. The lowest BCUT2D eigenvalue weighted by molar-refractivity contribution is 0.0404. The molecule has 0 radical (unpaired) electrons. The average molecular weight is 399 g/mol. The number of aliphatic hydroxyl groups is 1. The zero-order valence-corrected chi connectivity index (χ0v) is 17.4. The third-order valence-corrected chi connectivity index (χ3v) is 5.35. The lowest BCUT2D eigenvalue weighted by atomic mass is 9.99. The maximum Gasteiger partial charge on any atom is 0.259 e. The van der Waals surface area contributed by atoms with Crippen molar-refractivity contribution in [2.24, 2.45) is 5.92 Å². The molecule has 2 heterocycles. The molecule has 1 amide bonds. The molecule has 0 saturated heterocycles. The van der Waals surface area contributed by atoms with Gasteiger partial charge in [0.05, 0.1) is 19.8 Å². The molecule has 2 aromatic rings. The van der Waals surface area contributed by atoms with Crippen LogP contribution in [0, 0.1) is 5.92 Å². The summed E-state index contributed by atoms with van der Waals surface area (Å²) in [5.74, 6) is 0.990. The molecule has 3 rings (SSSR count). The first-order chi connectivity index (χ1) is 14.0. The number of pyridine rings is 1. The molecule has 0 bridgehead atoms. The molecular weight excluding hydrogens is 370 g/mol. The van der Waals surface area contributed by atoms with Crippen molar-refractivity contribution in [3.8, 4) is 22.8 Å². The van der Waals surface area contributed by atoms with Crippen molar-refractivity contribution in [3.63, 3.8) is 0 Å². The van der Waals surface area contributed by atoms with Gasteiger partial charge < -0.3 is 24.8 Å². The number of methoxy groups -OCH3 is 1. The number of nitrogens with zero attached hydrogens (tertiary/aromatic N) is 2. The van der Waals surface area contributed by atoms with E-state index in [9.17, 15) is 9.90 Å². The van der Waals surface area contributed by atoms with Gasteiger partial charge in [0.2, 0.25) is 5.88 Å². The molecule has 29 heavy (non-hydrogen) atoms. The van der Waals surface area contributed by atoms with E-state index in [1.54, 1.807) is 18.2 Å². The molecule has 1 aromatic carbocycles. The normalized spacial score (nSPS) is 20.3. The van der Waals surface area contributed by atoms with E-state index in [0.717, 1.165) is 16.9 Å². The summed E-state index contributed by atoms with van der Waals surface area (Å²) in [6.07, 6.45) is 1.58. The van der Waals surface area contributed by atoms with Crippen molar-refractivity contribution >= 4 is 5.91 Å². The van der Waals surface area contributed by atoms with Gasteiger partial charge in [-0.2, -0.15) is 0 Å². The van der Waals surface area contributed by atoms with E-state index in [1.165, 1.54) is 0 Å². The molecule has 7 heteroatoms. The van der Waals surface area contributed by atoms with Crippen molar-refractivity contribution in [1.82, 2.24) is 15.2 Å². The van der Waals surface area contributed by atoms with E-state index in [0.29, 0.717) is 24.5 Å². The summed E-state index contributed by atoms with van der Waals surface area (Å²) in [4.78, 5) is 19.5. The zero-order chi connectivity index (χ0) is 21.0. The molecule has 1 aliphatic heterocycles. The van der Waals surface area contributed by atoms with Gasteiger partial charge >= 0.3 is 0 Å². The number of likely N-dealkylation sites (N-methyl/N-ethyl adjacent to an activating group) is 1. The predicted octanol–water partition coefficient (Wildman–Crippen LogP) is 2.20. The third-order valence-electron chi connectivity index (χ3n) is 5.35. The number of ether oxygens (including phenoxy) is 2. The number of hydrogen-bond acceptors (Lipinski definition) is 6. The van der Waals surface area contributed by atoms with Crippen LogP contribution < -0.4 is 14.8 Å². The van der Waals surface area contributed by atoms with Gasteiger partial charge in [-0.25, -0.2) is 4.98 Å². The average Bonchev–Trinajstić information content (AvgIpc) is 2.75. The molecule has 2 N–H and O–H groups in total. The Morgan fingerprint density at radius 3 is 2.69 bits per heavy atom. The summed E-state index contributed by atoms with van der Waals surface area (Å²) in [5.41, 5.74) is 2.16. The highest BCUT2D eigenvalue weighted by Crippen LogP contribution is 2.30. The fourth-order valence-corrected chi connectivity index (χ4v) is 3.49. The Balaban J connectivity index is 2.04. The Morgan fingerprint density at radius 2 is 2.07 bits per heavy atom. The fourth-order valence-electron chi connectivity index (χ4n) is 3.49. The van der Waals surface area contributed by atoms with Gasteiger partial charge in [0, 0.05) is 30.8 Å². The lowest BCUT2D eigenvalue weighted by Gasteiger charge is -2.36. The topological polar surface area (TPSA) is 83.9 Å². The van der Waals surface area contributed by atoms with Crippen LogP contribution in [0.4, 0.5) is 0 Å². The van der Waals surface area contributed by atoms with Gasteiger partial charge in [-0.15, -0.1) is 0 Å². The maximum atomic E-state index is 13.3. The number of rotatable bonds is 6. The SMILES string of the molecule is CNC[C@H]1Oc2ncc(-c3ccc(OC)cc3)cc2C(=O)N([C@H](C)CO)C[C@@H]1C. The van der Waals surface area contributed by atoms with Crippen LogP contribution in [0.25, 0.3) is 11.1 Å². The molecule has 0 fully saturated rings. The van der Waals surface area contributed by atoms with E-state index in [1.807, 2.05) is 51.2 Å². The van der Waals surface area contributed by atoms with Crippen molar-refractivity contribution in [2.75, 3.05) is 33.9 Å². The Morgan fingerprint density at radius 1 is 1.34 bits per heavy atom. The number of hydrogen-bond donors (Lipinski definition) is 2. The van der Waals surface area contributed by atoms with Crippen LogP contribution >= 0.6 is 0 Å². The van der Waals surface area contributed by atoms with Crippen molar-refractivity contribution in [1.29, 1.82) is 0 Å².